The zero-order valence-corrected chi connectivity index (χ0v) is 19.4. The Labute approximate surface area is 191 Å². The van der Waals surface area contributed by atoms with Gasteiger partial charge in [0.25, 0.3) is 5.56 Å². The summed E-state index contributed by atoms with van der Waals surface area (Å²) < 4.78 is 34.8. The molecule has 2 aromatic carbocycles. The van der Waals surface area contributed by atoms with Crippen molar-refractivity contribution in [2.75, 3.05) is 13.1 Å². The maximum absolute atomic E-state index is 15.1. The van der Waals surface area contributed by atoms with Gasteiger partial charge < -0.3 is 9.72 Å². The second kappa shape index (κ2) is 9.24. The number of aryl methyl sites for hydroxylation is 1. The quantitative estimate of drug-likeness (QED) is 0.473. The fraction of sp³-hybridized carbons (Fsp3) is 0.400. The van der Waals surface area contributed by atoms with Crippen LogP contribution >= 0.6 is 11.8 Å². The minimum absolute atomic E-state index is 0.0638. The standard InChI is InChI=1S/C25H28F2N2O2S/c1-16-14-28-24(30)20-8-9-21(23(26)22(16)20)31-18-10-12-29(13-11-18)15-17-4-6-19(7-5-17)32-25(2,3)27/h4-9,14,18H,10-13,15H2,1-3H3,(H,28,30). The van der Waals surface area contributed by atoms with Crippen molar-refractivity contribution < 1.29 is 13.5 Å². The van der Waals surface area contributed by atoms with E-state index in [0.717, 1.165) is 37.4 Å². The van der Waals surface area contributed by atoms with E-state index in [1.165, 1.54) is 23.5 Å². The summed E-state index contributed by atoms with van der Waals surface area (Å²) in [7, 11) is 0. The number of nitrogens with zero attached hydrogens (tertiary/aromatic N) is 1. The van der Waals surface area contributed by atoms with Crippen LogP contribution in [0.5, 0.6) is 5.75 Å². The van der Waals surface area contributed by atoms with Crippen molar-refractivity contribution in [1.82, 2.24) is 9.88 Å². The van der Waals surface area contributed by atoms with Gasteiger partial charge in [0.1, 0.15) is 6.10 Å². The number of pyridine rings is 1. The zero-order valence-electron chi connectivity index (χ0n) is 18.6. The molecule has 170 valence electrons. The number of likely N-dealkylation sites (tertiary alicyclic amines) is 1. The number of alkyl halides is 1. The van der Waals surface area contributed by atoms with Gasteiger partial charge in [-0.15, -0.1) is 0 Å². The molecule has 0 saturated carbocycles. The largest absolute Gasteiger partial charge is 0.487 e. The molecule has 32 heavy (non-hydrogen) atoms. The molecule has 0 atom stereocenters. The first-order chi connectivity index (χ1) is 15.2. The number of benzene rings is 2. The van der Waals surface area contributed by atoms with Crippen LogP contribution in [0.1, 0.15) is 37.8 Å². The third kappa shape index (κ3) is 5.33. The SMILES string of the molecule is Cc1c[nH]c(=O)c2ccc(OC3CCN(Cc4ccc(SC(C)(C)F)cc4)CC3)c(F)c12. The van der Waals surface area contributed by atoms with Crippen LogP contribution in [0.3, 0.4) is 0 Å². The molecule has 1 fully saturated rings. The molecule has 1 aliphatic rings. The average Bonchev–Trinajstić information content (AvgIpc) is 2.74. The van der Waals surface area contributed by atoms with Gasteiger partial charge >= 0.3 is 0 Å². The summed E-state index contributed by atoms with van der Waals surface area (Å²) in [5, 5.41) is -0.631. The number of nitrogens with one attached hydrogen (secondary N) is 1. The van der Waals surface area contributed by atoms with Crippen LogP contribution in [0, 0.1) is 12.7 Å². The number of piperidine rings is 1. The van der Waals surface area contributed by atoms with Crippen molar-refractivity contribution in [3.8, 4) is 5.75 Å². The molecule has 7 heteroatoms. The van der Waals surface area contributed by atoms with Crippen molar-refractivity contribution in [3.05, 3.63) is 69.9 Å². The molecule has 0 amide bonds. The van der Waals surface area contributed by atoms with Gasteiger partial charge in [-0.2, -0.15) is 0 Å². The van der Waals surface area contributed by atoms with E-state index in [2.05, 4.69) is 9.88 Å². The molecular formula is C25H28F2N2O2S. The van der Waals surface area contributed by atoms with E-state index in [-0.39, 0.29) is 17.4 Å². The predicted molar refractivity (Wildman–Crippen MR) is 126 cm³/mol. The molecule has 1 aliphatic heterocycles. The lowest BCUT2D eigenvalue weighted by Gasteiger charge is -2.32. The summed E-state index contributed by atoms with van der Waals surface area (Å²) in [5.74, 6) is -0.267. The Kier molecular flexibility index (Phi) is 6.58. The summed E-state index contributed by atoms with van der Waals surface area (Å²) in [6.07, 6.45) is 3.07. The van der Waals surface area contributed by atoms with Crippen molar-refractivity contribution >= 4 is 22.5 Å². The normalized spacial score (nSPS) is 15.9. The van der Waals surface area contributed by atoms with Crippen molar-refractivity contribution in [2.24, 2.45) is 0 Å². The van der Waals surface area contributed by atoms with Gasteiger partial charge in [-0.3, -0.25) is 9.69 Å². The predicted octanol–water partition coefficient (Wildman–Crippen LogP) is 5.82. The molecule has 4 nitrogen and oxygen atoms in total. The number of halogens is 2. The molecular weight excluding hydrogens is 430 g/mol. The lowest BCUT2D eigenvalue weighted by Crippen LogP contribution is -2.37. The summed E-state index contributed by atoms with van der Waals surface area (Å²) in [6.45, 7) is 7.42. The van der Waals surface area contributed by atoms with Crippen LogP contribution in [-0.2, 0) is 6.54 Å². The van der Waals surface area contributed by atoms with E-state index in [9.17, 15) is 9.18 Å². The summed E-state index contributed by atoms with van der Waals surface area (Å²) in [4.78, 5) is 17.9. The number of thioether (sulfide) groups is 1. The molecule has 0 spiro atoms. The Morgan fingerprint density at radius 3 is 2.50 bits per heavy atom. The van der Waals surface area contributed by atoms with Gasteiger partial charge in [0.15, 0.2) is 16.6 Å². The van der Waals surface area contributed by atoms with E-state index < -0.39 is 10.8 Å². The maximum atomic E-state index is 15.1. The Hall–Kier alpha value is -2.38. The zero-order chi connectivity index (χ0) is 22.9. The van der Waals surface area contributed by atoms with Crippen LogP contribution < -0.4 is 10.3 Å². The molecule has 2 heterocycles. The van der Waals surface area contributed by atoms with Crippen LogP contribution in [-0.4, -0.2) is 34.1 Å². The highest BCUT2D eigenvalue weighted by atomic mass is 32.2. The molecule has 0 bridgehead atoms. The first-order valence-corrected chi connectivity index (χ1v) is 11.7. The third-order valence-corrected chi connectivity index (χ3v) is 6.68. The monoisotopic (exact) mass is 458 g/mol. The van der Waals surface area contributed by atoms with Crippen LogP contribution in [0.2, 0.25) is 0 Å². The first kappa shape index (κ1) is 22.8. The number of rotatable bonds is 6. The van der Waals surface area contributed by atoms with E-state index >= 15 is 4.39 Å². The Morgan fingerprint density at radius 2 is 1.84 bits per heavy atom. The topological polar surface area (TPSA) is 45.3 Å². The molecule has 1 aromatic heterocycles. The lowest BCUT2D eigenvalue weighted by atomic mass is 10.1. The average molecular weight is 459 g/mol. The van der Waals surface area contributed by atoms with Crippen molar-refractivity contribution in [1.29, 1.82) is 0 Å². The number of aromatic amines is 1. The third-order valence-electron chi connectivity index (χ3n) is 5.68. The first-order valence-electron chi connectivity index (χ1n) is 10.9. The van der Waals surface area contributed by atoms with E-state index in [4.69, 9.17) is 4.74 Å². The highest BCUT2D eigenvalue weighted by Gasteiger charge is 2.23. The molecule has 4 rings (SSSR count). The highest BCUT2D eigenvalue weighted by Crippen LogP contribution is 2.33. The number of aromatic nitrogens is 1. The van der Waals surface area contributed by atoms with Gasteiger partial charge in [0.05, 0.1) is 5.39 Å². The van der Waals surface area contributed by atoms with Crippen molar-refractivity contribution in [3.63, 3.8) is 0 Å². The minimum Gasteiger partial charge on any atom is -0.487 e. The Bertz CT molecular complexity index is 1150. The highest BCUT2D eigenvalue weighted by molar-refractivity contribution is 8.00. The van der Waals surface area contributed by atoms with Crippen LogP contribution in [0.4, 0.5) is 8.78 Å². The van der Waals surface area contributed by atoms with E-state index in [0.29, 0.717) is 16.3 Å². The van der Waals surface area contributed by atoms with E-state index in [1.807, 2.05) is 24.3 Å². The smallest absolute Gasteiger partial charge is 0.255 e. The molecule has 1 saturated heterocycles. The number of ether oxygens (including phenoxy) is 1. The maximum Gasteiger partial charge on any atom is 0.255 e. The second-order valence-electron chi connectivity index (χ2n) is 8.80. The van der Waals surface area contributed by atoms with Gasteiger partial charge in [-0.1, -0.05) is 23.9 Å². The Balaban J connectivity index is 1.35. The molecule has 0 unspecified atom stereocenters. The number of hydrogen-bond donors (Lipinski definition) is 1. The van der Waals surface area contributed by atoms with Gasteiger partial charge in [-0.25, -0.2) is 8.78 Å². The summed E-state index contributed by atoms with van der Waals surface area (Å²) >= 11 is 1.21. The van der Waals surface area contributed by atoms with Crippen molar-refractivity contribution in [2.45, 2.75) is 56.2 Å². The Morgan fingerprint density at radius 1 is 1.16 bits per heavy atom. The second-order valence-corrected chi connectivity index (χ2v) is 10.5. The lowest BCUT2D eigenvalue weighted by molar-refractivity contribution is 0.0938. The van der Waals surface area contributed by atoms with Crippen LogP contribution in [0.25, 0.3) is 10.8 Å². The fourth-order valence-corrected chi connectivity index (χ4v) is 4.95. The van der Waals surface area contributed by atoms with Gasteiger partial charge in [-0.05, 0) is 69.0 Å². The summed E-state index contributed by atoms with van der Waals surface area (Å²) in [6, 6.07) is 11.2. The van der Waals surface area contributed by atoms with Crippen LogP contribution in [0.15, 0.2) is 52.3 Å². The fourth-order valence-electron chi connectivity index (χ4n) is 4.11. The van der Waals surface area contributed by atoms with Gasteiger partial charge in [0.2, 0.25) is 0 Å². The number of H-pyrrole nitrogens is 1. The molecule has 1 N–H and O–H groups in total. The number of hydrogen-bond acceptors (Lipinski definition) is 4. The molecule has 0 radical (unpaired) electrons. The molecule has 3 aromatic rings. The summed E-state index contributed by atoms with van der Waals surface area (Å²) in [5.41, 5.74) is 1.56. The molecule has 0 aliphatic carbocycles. The minimum atomic E-state index is -1.29. The van der Waals surface area contributed by atoms with Gasteiger partial charge in [0, 0.05) is 36.1 Å². The van der Waals surface area contributed by atoms with E-state index in [1.54, 1.807) is 32.9 Å². The number of fused-ring (bicyclic) bond motifs is 1.